The Morgan fingerprint density at radius 3 is 2.56 bits per heavy atom. The molecule has 0 nitrogen and oxygen atoms in total. The van der Waals surface area contributed by atoms with Gasteiger partial charge in [-0.1, -0.05) is 54.6 Å². The van der Waals surface area contributed by atoms with Gasteiger partial charge in [0, 0.05) is 5.41 Å². The molecule has 0 saturated heterocycles. The largest absolute Gasteiger partial charge is 0.0622 e. The van der Waals surface area contributed by atoms with Crippen LogP contribution in [0.3, 0.4) is 0 Å². The van der Waals surface area contributed by atoms with Gasteiger partial charge in [0.25, 0.3) is 0 Å². The van der Waals surface area contributed by atoms with Gasteiger partial charge in [-0.25, -0.2) is 0 Å². The number of rotatable bonds is 1. The first kappa shape index (κ1) is 10.4. The van der Waals surface area contributed by atoms with Crippen LogP contribution in [-0.4, -0.2) is 0 Å². The van der Waals surface area contributed by atoms with Gasteiger partial charge in [0.2, 0.25) is 0 Å². The minimum absolute atomic E-state index is 0.482. The normalized spacial score (nSPS) is 29.0. The average molecular weight is 234 g/mol. The van der Waals surface area contributed by atoms with Gasteiger partial charge in [-0.3, -0.25) is 0 Å². The third kappa shape index (κ3) is 1.38. The van der Waals surface area contributed by atoms with Crippen molar-refractivity contribution in [3.63, 3.8) is 0 Å². The smallest absolute Gasteiger partial charge is 0.00309 e. The van der Waals surface area contributed by atoms with Crippen LogP contribution in [0.5, 0.6) is 0 Å². The van der Waals surface area contributed by atoms with E-state index in [1.54, 1.807) is 11.1 Å². The molecule has 0 amide bonds. The Labute approximate surface area is 109 Å². The van der Waals surface area contributed by atoms with Gasteiger partial charge in [-0.2, -0.15) is 0 Å². The molecule has 90 valence electrons. The molecule has 18 heavy (non-hydrogen) atoms. The maximum atomic E-state index is 2.37. The molecule has 0 aromatic heterocycles. The monoisotopic (exact) mass is 234 g/mol. The van der Waals surface area contributed by atoms with E-state index in [9.17, 15) is 0 Å². The van der Waals surface area contributed by atoms with Crippen LogP contribution in [0, 0.1) is 0 Å². The Hall–Kier alpha value is -1.56. The first-order valence-electron chi connectivity index (χ1n) is 7.03. The zero-order valence-corrected chi connectivity index (χ0v) is 10.6. The fourth-order valence-electron chi connectivity index (χ4n) is 3.95. The molecule has 2 atom stereocenters. The summed E-state index contributed by atoms with van der Waals surface area (Å²) in [5, 5.41) is 0. The number of benzene rings is 2. The lowest BCUT2D eigenvalue weighted by molar-refractivity contribution is 0.527. The fraction of sp³-hybridized carbons (Fsp3) is 0.333. The number of hydrogen-bond donors (Lipinski definition) is 0. The van der Waals surface area contributed by atoms with E-state index in [-0.39, 0.29) is 0 Å². The number of fused-ring (bicyclic) bond motifs is 2. The molecule has 0 radical (unpaired) electrons. The molecule has 1 saturated carbocycles. The molecular formula is C18H18. The summed E-state index contributed by atoms with van der Waals surface area (Å²) < 4.78 is 0. The van der Waals surface area contributed by atoms with Crippen LogP contribution in [0.25, 0.3) is 0 Å². The average Bonchev–Trinajstić information content (AvgIpc) is 3.16. The molecule has 2 aliphatic carbocycles. The summed E-state index contributed by atoms with van der Waals surface area (Å²) in [4.78, 5) is 0. The van der Waals surface area contributed by atoms with Gasteiger partial charge >= 0.3 is 0 Å². The summed E-state index contributed by atoms with van der Waals surface area (Å²) in [5.74, 6) is 0.764. The Balaban J connectivity index is 1.76. The van der Waals surface area contributed by atoms with E-state index >= 15 is 0 Å². The highest BCUT2D eigenvalue weighted by atomic mass is 14.6. The maximum absolute atomic E-state index is 2.37. The maximum Gasteiger partial charge on any atom is 0.00309 e. The number of aryl methyl sites for hydroxylation is 1. The highest BCUT2D eigenvalue weighted by Crippen LogP contribution is 2.65. The lowest BCUT2D eigenvalue weighted by atomic mass is 9.78. The molecule has 0 bridgehead atoms. The Kier molecular flexibility index (Phi) is 2.14. The van der Waals surface area contributed by atoms with Gasteiger partial charge in [-0.05, 0) is 48.3 Å². The van der Waals surface area contributed by atoms with Crippen LogP contribution in [0.15, 0.2) is 54.6 Å². The Bertz CT molecular complexity index is 570. The SMILES string of the molecule is c1ccc([C@@H]2C[C@]23CCCc2ccccc23)cc1. The summed E-state index contributed by atoms with van der Waals surface area (Å²) in [6.07, 6.45) is 5.37. The van der Waals surface area contributed by atoms with Crippen LogP contribution in [0.4, 0.5) is 0 Å². The second-order valence-electron chi connectivity index (χ2n) is 5.83. The minimum Gasteiger partial charge on any atom is -0.0622 e. The summed E-state index contributed by atoms with van der Waals surface area (Å²) in [5.41, 5.74) is 5.26. The quantitative estimate of drug-likeness (QED) is 0.684. The molecule has 1 spiro atoms. The molecule has 0 unspecified atom stereocenters. The number of hydrogen-bond acceptors (Lipinski definition) is 0. The molecule has 2 aromatic rings. The van der Waals surface area contributed by atoms with Crippen LogP contribution in [-0.2, 0) is 11.8 Å². The molecule has 0 aliphatic heterocycles. The fourth-order valence-corrected chi connectivity index (χ4v) is 3.95. The van der Waals surface area contributed by atoms with Gasteiger partial charge < -0.3 is 0 Å². The van der Waals surface area contributed by atoms with Crippen molar-refractivity contribution in [3.05, 3.63) is 71.3 Å². The van der Waals surface area contributed by atoms with Crippen LogP contribution in [0.1, 0.15) is 41.9 Å². The Morgan fingerprint density at radius 2 is 1.67 bits per heavy atom. The van der Waals surface area contributed by atoms with E-state index in [0.717, 1.165) is 5.92 Å². The second kappa shape index (κ2) is 3.71. The lowest BCUT2D eigenvalue weighted by Crippen LogP contribution is -2.17. The van der Waals surface area contributed by atoms with E-state index in [2.05, 4.69) is 54.6 Å². The topological polar surface area (TPSA) is 0 Å². The van der Waals surface area contributed by atoms with Crippen LogP contribution >= 0.6 is 0 Å². The first-order valence-corrected chi connectivity index (χ1v) is 7.03. The summed E-state index contributed by atoms with van der Waals surface area (Å²) in [6.45, 7) is 0. The van der Waals surface area contributed by atoms with Crippen molar-refractivity contribution in [2.75, 3.05) is 0 Å². The van der Waals surface area contributed by atoms with Crippen LogP contribution < -0.4 is 0 Å². The third-order valence-electron chi connectivity index (χ3n) is 4.90. The molecule has 0 N–H and O–H groups in total. The van der Waals surface area contributed by atoms with E-state index in [1.165, 1.54) is 31.2 Å². The first-order chi connectivity index (χ1) is 8.90. The van der Waals surface area contributed by atoms with Gasteiger partial charge in [-0.15, -0.1) is 0 Å². The molecule has 2 aromatic carbocycles. The summed E-state index contributed by atoms with van der Waals surface area (Å²) in [6, 6.07) is 20.2. The molecular weight excluding hydrogens is 216 g/mol. The minimum atomic E-state index is 0.482. The van der Waals surface area contributed by atoms with E-state index in [1.807, 2.05) is 0 Å². The zero-order valence-electron chi connectivity index (χ0n) is 10.6. The Morgan fingerprint density at radius 1 is 0.889 bits per heavy atom. The third-order valence-corrected chi connectivity index (χ3v) is 4.90. The zero-order chi connectivity index (χ0) is 12.0. The van der Waals surface area contributed by atoms with Crippen LogP contribution in [0.2, 0.25) is 0 Å². The van der Waals surface area contributed by atoms with Crippen molar-refractivity contribution >= 4 is 0 Å². The summed E-state index contributed by atoms with van der Waals surface area (Å²) in [7, 11) is 0. The predicted octanol–water partition coefficient (Wildman–Crippen LogP) is 4.45. The molecule has 2 aliphatic rings. The highest BCUT2D eigenvalue weighted by molar-refractivity contribution is 5.48. The predicted molar refractivity (Wildman–Crippen MR) is 74.9 cm³/mol. The van der Waals surface area contributed by atoms with Gasteiger partial charge in [0.05, 0.1) is 0 Å². The van der Waals surface area contributed by atoms with Gasteiger partial charge in [0.1, 0.15) is 0 Å². The molecule has 0 heteroatoms. The standard InChI is InChI=1S/C18H18/c1-2-7-15(8-3-1)17-13-18(17)12-6-10-14-9-4-5-11-16(14)18/h1-5,7-9,11,17H,6,10,12-13H2/t17-,18-/m0/s1. The highest BCUT2D eigenvalue weighted by Gasteiger charge is 2.56. The van der Waals surface area contributed by atoms with Crippen molar-refractivity contribution < 1.29 is 0 Å². The van der Waals surface area contributed by atoms with Crippen molar-refractivity contribution in [1.29, 1.82) is 0 Å². The molecule has 4 rings (SSSR count). The molecule has 0 heterocycles. The van der Waals surface area contributed by atoms with Crippen molar-refractivity contribution in [2.45, 2.75) is 37.0 Å². The van der Waals surface area contributed by atoms with Gasteiger partial charge in [0.15, 0.2) is 0 Å². The second-order valence-corrected chi connectivity index (χ2v) is 5.83. The molecule has 1 fully saturated rings. The van der Waals surface area contributed by atoms with E-state index in [0.29, 0.717) is 5.41 Å². The van der Waals surface area contributed by atoms with E-state index in [4.69, 9.17) is 0 Å². The summed E-state index contributed by atoms with van der Waals surface area (Å²) >= 11 is 0. The lowest BCUT2D eigenvalue weighted by Gasteiger charge is -2.26. The van der Waals surface area contributed by atoms with Crippen molar-refractivity contribution in [1.82, 2.24) is 0 Å². The van der Waals surface area contributed by atoms with E-state index < -0.39 is 0 Å². The van der Waals surface area contributed by atoms with Crippen molar-refractivity contribution in [2.24, 2.45) is 0 Å². The van der Waals surface area contributed by atoms with Crippen molar-refractivity contribution in [3.8, 4) is 0 Å².